The minimum Gasteiger partial charge on any atom is -0.376 e. The van der Waals surface area contributed by atoms with Gasteiger partial charge in [-0.15, -0.1) is 11.3 Å². The highest BCUT2D eigenvalue weighted by atomic mass is 32.1. The number of rotatable bonds is 6. The van der Waals surface area contributed by atoms with Crippen LogP contribution in [0.15, 0.2) is 41.8 Å². The van der Waals surface area contributed by atoms with E-state index in [1.54, 1.807) is 40.5 Å². The van der Waals surface area contributed by atoms with Gasteiger partial charge in [0.15, 0.2) is 0 Å². The molecule has 0 radical (unpaired) electrons. The second-order valence-corrected chi connectivity index (χ2v) is 7.76. The maximum Gasteiger partial charge on any atom is 0.262 e. The van der Waals surface area contributed by atoms with E-state index in [2.05, 4.69) is 0 Å². The monoisotopic (exact) mass is 384 g/mol. The van der Waals surface area contributed by atoms with E-state index in [-0.39, 0.29) is 18.6 Å². The highest BCUT2D eigenvalue weighted by Gasteiger charge is 2.37. The zero-order valence-electron chi connectivity index (χ0n) is 14.8. The van der Waals surface area contributed by atoms with Gasteiger partial charge in [0.25, 0.3) is 11.8 Å². The lowest BCUT2D eigenvalue weighted by atomic mass is 10.1. The molecule has 2 aliphatic rings. The molecule has 27 heavy (non-hydrogen) atoms. The number of amides is 3. The molecule has 0 aliphatic carbocycles. The molecule has 4 rings (SSSR count). The van der Waals surface area contributed by atoms with Gasteiger partial charge in [0.1, 0.15) is 6.54 Å². The number of hydrogen-bond acceptors (Lipinski definition) is 5. The van der Waals surface area contributed by atoms with E-state index in [1.165, 1.54) is 0 Å². The Morgan fingerprint density at radius 1 is 1.15 bits per heavy atom. The molecule has 2 aromatic rings. The van der Waals surface area contributed by atoms with Crippen LogP contribution in [0.1, 0.15) is 38.4 Å². The summed E-state index contributed by atoms with van der Waals surface area (Å²) >= 11 is 1.58. The number of hydrogen-bond donors (Lipinski definition) is 0. The third-order valence-corrected chi connectivity index (χ3v) is 5.76. The summed E-state index contributed by atoms with van der Waals surface area (Å²) in [5.41, 5.74) is 0.721. The minimum atomic E-state index is -0.405. The molecule has 3 amide bonds. The standard InChI is InChI=1S/C20H20N2O4S/c23-18(13-22-19(24)16-7-1-2-8-17(16)20(22)25)21(11-14-5-3-9-26-14)12-15-6-4-10-27-15/h1-2,4,6-8,10,14H,3,5,9,11-13H2/t14-/m1/s1. The third-order valence-electron chi connectivity index (χ3n) is 4.90. The van der Waals surface area contributed by atoms with Crippen LogP contribution >= 0.6 is 11.3 Å². The summed E-state index contributed by atoms with van der Waals surface area (Å²) in [6.45, 7) is 1.40. The highest BCUT2D eigenvalue weighted by molar-refractivity contribution is 7.09. The molecule has 1 aromatic heterocycles. The average Bonchev–Trinajstić information content (AvgIpc) is 3.41. The van der Waals surface area contributed by atoms with Crippen LogP contribution in [-0.2, 0) is 16.1 Å². The summed E-state index contributed by atoms with van der Waals surface area (Å²) in [4.78, 5) is 41.9. The molecule has 6 nitrogen and oxygen atoms in total. The van der Waals surface area contributed by atoms with Gasteiger partial charge >= 0.3 is 0 Å². The number of fused-ring (bicyclic) bond motifs is 1. The number of carbonyl (C=O) groups excluding carboxylic acids is 3. The predicted molar refractivity (Wildman–Crippen MR) is 101 cm³/mol. The van der Waals surface area contributed by atoms with Gasteiger partial charge in [0.2, 0.25) is 5.91 Å². The molecule has 2 aliphatic heterocycles. The molecule has 1 aromatic carbocycles. The van der Waals surface area contributed by atoms with Crippen LogP contribution < -0.4 is 0 Å². The third kappa shape index (κ3) is 3.65. The van der Waals surface area contributed by atoms with Gasteiger partial charge in [-0.25, -0.2) is 0 Å². The minimum absolute atomic E-state index is 0.0103. The van der Waals surface area contributed by atoms with Crippen molar-refractivity contribution >= 4 is 29.1 Å². The van der Waals surface area contributed by atoms with Crippen molar-refractivity contribution in [1.29, 1.82) is 0 Å². The molecule has 0 spiro atoms. The van der Waals surface area contributed by atoms with Crippen LogP contribution in [0, 0.1) is 0 Å². The van der Waals surface area contributed by atoms with Crippen molar-refractivity contribution < 1.29 is 19.1 Å². The molecular formula is C20H20N2O4S. The lowest BCUT2D eigenvalue weighted by molar-refractivity contribution is -0.133. The Hall–Kier alpha value is -2.51. The fraction of sp³-hybridized carbons (Fsp3) is 0.350. The Kier molecular flexibility index (Phi) is 5.05. The first-order valence-electron chi connectivity index (χ1n) is 9.00. The van der Waals surface area contributed by atoms with Crippen LogP contribution in [0.2, 0.25) is 0 Å². The molecule has 0 unspecified atom stereocenters. The van der Waals surface area contributed by atoms with E-state index in [0.717, 1.165) is 22.6 Å². The number of imide groups is 1. The smallest absolute Gasteiger partial charge is 0.262 e. The van der Waals surface area contributed by atoms with Gasteiger partial charge in [-0.3, -0.25) is 19.3 Å². The zero-order chi connectivity index (χ0) is 18.8. The summed E-state index contributed by atoms with van der Waals surface area (Å²) < 4.78 is 5.68. The highest BCUT2D eigenvalue weighted by Crippen LogP contribution is 2.23. The molecule has 0 N–H and O–H groups in total. The summed E-state index contributed by atoms with van der Waals surface area (Å²) in [5.74, 6) is -1.05. The van der Waals surface area contributed by atoms with Crippen molar-refractivity contribution in [2.24, 2.45) is 0 Å². The first-order valence-corrected chi connectivity index (χ1v) is 9.88. The van der Waals surface area contributed by atoms with Gasteiger partial charge in [-0.05, 0) is 36.4 Å². The molecule has 3 heterocycles. The van der Waals surface area contributed by atoms with Gasteiger partial charge in [0, 0.05) is 18.0 Å². The van der Waals surface area contributed by atoms with Crippen molar-refractivity contribution in [3.05, 3.63) is 57.8 Å². The van der Waals surface area contributed by atoms with E-state index in [9.17, 15) is 14.4 Å². The molecule has 0 saturated carbocycles. The van der Waals surface area contributed by atoms with E-state index in [1.807, 2.05) is 17.5 Å². The van der Waals surface area contributed by atoms with E-state index in [4.69, 9.17) is 4.74 Å². The van der Waals surface area contributed by atoms with Crippen LogP contribution in [-0.4, -0.2) is 53.3 Å². The average molecular weight is 384 g/mol. The van der Waals surface area contributed by atoms with Crippen LogP contribution in [0.5, 0.6) is 0 Å². The molecule has 1 atom stereocenters. The summed E-state index contributed by atoms with van der Waals surface area (Å²) in [7, 11) is 0. The van der Waals surface area contributed by atoms with Crippen molar-refractivity contribution in [3.63, 3.8) is 0 Å². The van der Waals surface area contributed by atoms with Crippen LogP contribution in [0.4, 0.5) is 0 Å². The Labute approximate surface area is 161 Å². The Bertz CT molecular complexity index is 824. The molecule has 7 heteroatoms. The van der Waals surface area contributed by atoms with Gasteiger partial charge in [-0.2, -0.15) is 0 Å². The van der Waals surface area contributed by atoms with E-state index >= 15 is 0 Å². The van der Waals surface area contributed by atoms with E-state index < -0.39 is 11.8 Å². The van der Waals surface area contributed by atoms with Crippen LogP contribution in [0.3, 0.4) is 0 Å². The predicted octanol–water partition coefficient (Wildman–Crippen LogP) is 2.55. The van der Waals surface area contributed by atoms with Gasteiger partial charge in [-0.1, -0.05) is 18.2 Å². The van der Waals surface area contributed by atoms with Crippen molar-refractivity contribution in [2.45, 2.75) is 25.5 Å². The second kappa shape index (κ2) is 7.62. The molecule has 0 bridgehead atoms. The summed E-state index contributed by atoms with van der Waals surface area (Å²) in [6, 6.07) is 10.6. The lowest BCUT2D eigenvalue weighted by Gasteiger charge is -2.26. The van der Waals surface area contributed by atoms with Crippen molar-refractivity contribution in [2.75, 3.05) is 19.7 Å². The zero-order valence-corrected chi connectivity index (χ0v) is 15.6. The number of benzene rings is 1. The first kappa shape index (κ1) is 17.9. The molecular weight excluding hydrogens is 364 g/mol. The largest absolute Gasteiger partial charge is 0.376 e. The number of ether oxygens (including phenoxy) is 1. The van der Waals surface area contributed by atoms with E-state index in [0.29, 0.717) is 30.8 Å². The number of carbonyl (C=O) groups is 3. The Morgan fingerprint density at radius 3 is 2.48 bits per heavy atom. The maximum absolute atomic E-state index is 13.0. The second-order valence-electron chi connectivity index (χ2n) is 6.73. The van der Waals surface area contributed by atoms with Crippen molar-refractivity contribution in [1.82, 2.24) is 9.80 Å². The number of nitrogens with zero attached hydrogens (tertiary/aromatic N) is 2. The molecule has 1 saturated heterocycles. The fourth-order valence-corrected chi connectivity index (χ4v) is 4.22. The normalized spacial score (nSPS) is 18.8. The lowest BCUT2D eigenvalue weighted by Crippen LogP contribution is -2.44. The first-order chi connectivity index (χ1) is 13.1. The molecule has 140 valence electrons. The van der Waals surface area contributed by atoms with Gasteiger partial charge in [0.05, 0.1) is 23.8 Å². The Balaban J connectivity index is 1.49. The fourth-order valence-electron chi connectivity index (χ4n) is 3.50. The SMILES string of the molecule is O=C(CN1C(=O)c2ccccc2C1=O)N(Cc1cccs1)C[C@H]1CCCO1. The summed E-state index contributed by atoms with van der Waals surface area (Å²) in [6.07, 6.45) is 1.92. The topological polar surface area (TPSA) is 66.9 Å². The van der Waals surface area contributed by atoms with Crippen LogP contribution in [0.25, 0.3) is 0 Å². The Morgan fingerprint density at radius 2 is 1.89 bits per heavy atom. The van der Waals surface area contributed by atoms with Crippen molar-refractivity contribution in [3.8, 4) is 0 Å². The number of thiophene rings is 1. The maximum atomic E-state index is 13.0. The van der Waals surface area contributed by atoms with Gasteiger partial charge < -0.3 is 9.64 Å². The molecule has 1 fully saturated rings. The quantitative estimate of drug-likeness (QED) is 0.718. The summed E-state index contributed by atoms with van der Waals surface area (Å²) in [5, 5.41) is 1.97.